The minimum Gasteiger partial charge on any atom is -0.353 e. The van der Waals surface area contributed by atoms with E-state index in [2.05, 4.69) is 20.3 Å². The van der Waals surface area contributed by atoms with Crippen LogP contribution in [0.25, 0.3) is 0 Å². The van der Waals surface area contributed by atoms with Crippen molar-refractivity contribution in [3.05, 3.63) is 99.5 Å². The quantitative estimate of drug-likeness (QED) is 0.683. The second-order valence-corrected chi connectivity index (χ2v) is 6.51. The summed E-state index contributed by atoms with van der Waals surface area (Å²) >= 11 is 0. The Morgan fingerprint density at radius 2 is 1.79 bits per heavy atom. The Kier molecular flexibility index (Phi) is 4.26. The maximum atomic E-state index is 14.0. The predicted octanol–water partition coefficient (Wildman–Crippen LogP) is 2.87. The van der Waals surface area contributed by atoms with Crippen molar-refractivity contribution in [2.24, 2.45) is 4.99 Å². The summed E-state index contributed by atoms with van der Waals surface area (Å²) in [6, 6.07) is 10.4. The third kappa shape index (κ3) is 2.87. The van der Waals surface area contributed by atoms with Gasteiger partial charge in [0.25, 0.3) is 0 Å². The van der Waals surface area contributed by atoms with E-state index in [0.717, 1.165) is 12.1 Å². The van der Waals surface area contributed by atoms with Gasteiger partial charge in [0.2, 0.25) is 11.5 Å². The minimum atomic E-state index is -1.18. The number of halogens is 3. The van der Waals surface area contributed by atoms with E-state index in [1.165, 1.54) is 24.4 Å². The van der Waals surface area contributed by atoms with Crippen LogP contribution in [-0.4, -0.2) is 21.8 Å². The van der Waals surface area contributed by atoms with Gasteiger partial charge in [-0.05, 0) is 48.4 Å². The Hall–Kier alpha value is -3.42. The number of nitrogens with zero attached hydrogens (tertiary/aromatic N) is 2. The molecule has 1 aromatic carbocycles. The van der Waals surface area contributed by atoms with Crippen LogP contribution >= 0.6 is 0 Å². The highest BCUT2D eigenvalue weighted by Crippen LogP contribution is 2.39. The zero-order chi connectivity index (χ0) is 19.9. The lowest BCUT2D eigenvalue weighted by molar-refractivity contribution is 0.423. The minimum absolute atomic E-state index is 0.310. The predicted molar refractivity (Wildman–Crippen MR) is 97.5 cm³/mol. The lowest BCUT2D eigenvalue weighted by Crippen LogP contribution is -2.48. The molecule has 1 aliphatic heterocycles. The van der Waals surface area contributed by atoms with Gasteiger partial charge in [-0.2, -0.15) is 4.39 Å². The lowest BCUT2D eigenvalue weighted by atomic mass is 9.78. The molecule has 2 N–H and O–H groups in total. The van der Waals surface area contributed by atoms with Gasteiger partial charge in [-0.1, -0.05) is 12.1 Å². The zero-order valence-corrected chi connectivity index (χ0v) is 14.7. The summed E-state index contributed by atoms with van der Waals surface area (Å²) in [5.74, 6) is -2.37. The molecule has 142 valence electrons. The van der Waals surface area contributed by atoms with Crippen molar-refractivity contribution in [2.45, 2.75) is 18.5 Å². The van der Waals surface area contributed by atoms with E-state index in [1.807, 2.05) is 0 Å². The number of benzene rings is 1. The lowest BCUT2D eigenvalue weighted by Gasteiger charge is -2.35. The molecule has 4 rings (SSSR count). The fourth-order valence-corrected chi connectivity index (χ4v) is 3.52. The summed E-state index contributed by atoms with van der Waals surface area (Å²) in [6.45, 7) is 1.76. The molecule has 0 saturated heterocycles. The van der Waals surface area contributed by atoms with Gasteiger partial charge in [0.05, 0.1) is 11.7 Å². The van der Waals surface area contributed by atoms with Crippen LogP contribution in [0.2, 0.25) is 0 Å². The van der Waals surface area contributed by atoms with Crippen molar-refractivity contribution < 1.29 is 13.2 Å². The fraction of sp³-hybridized carbons (Fsp3) is 0.150. The molecule has 1 aliphatic rings. The number of amidine groups is 1. The van der Waals surface area contributed by atoms with E-state index >= 15 is 0 Å². The molecule has 5 nitrogen and oxygen atoms in total. The largest absolute Gasteiger partial charge is 0.353 e. The number of rotatable bonds is 3. The van der Waals surface area contributed by atoms with Crippen molar-refractivity contribution in [3.63, 3.8) is 0 Å². The van der Waals surface area contributed by atoms with Gasteiger partial charge in [0.1, 0.15) is 11.4 Å². The highest BCUT2D eigenvalue weighted by molar-refractivity contribution is 5.99. The molecule has 28 heavy (non-hydrogen) atoms. The Balaban J connectivity index is 1.90. The topological polar surface area (TPSA) is 70.1 Å². The molecule has 2 atom stereocenters. The molecule has 0 saturated carbocycles. The van der Waals surface area contributed by atoms with Crippen LogP contribution in [0.3, 0.4) is 0 Å². The summed E-state index contributed by atoms with van der Waals surface area (Å²) in [7, 11) is 0. The van der Waals surface area contributed by atoms with Gasteiger partial charge in [-0.3, -0.25) is 9.79 Å². The molecule has 0 spiro atoms. The molecule has 0 fully saturated rings. The average Bonchev–Trinajstić information content (AvgIpc) is 3.02. The summed E-state index contributed by atoms with van der Waals surface area (Å²) in [5, 5.41) is 3.20. The molecule has 0 bridgehead atoms. The average molecular weight is 384 g/mol. The van der Waals surface area contributed by atoms with Gasteiger partial charge in [0.15, 0.2) is 11.6 Å². The van der Waals surface area contributed by atoms with Crippen LogP contribution in [0.15, 0.2) is 64.5 Å². The van der Waals surface area contributed by atoms with E-state index in [4.69, 9.17) is 0 Å². The van der Waals surface area contributed by atoms with E-state index in [1.54, 1.807) is 25.1 Å². The zero-order valence-electron chi connectivity index (χ0n) is 14.7. The maximum Gasteiger partial charge on any atom is 0.248 e. The van der Waals surface area contributed by atoms with Gasteiger partial charge < -0.3 is 10.3 Å². The first kappa shape index (κ1) is 18.0. The maximum absolute atomic E-state index is 14.0. The molecule has 3 aromatic rings. The van der Waals surface area contributed by atoms with Crippen molar-refractivity contribution in [2.75, 3.05) is 0 Å². The van der Waals surface area contributed by atoms with Crippen LogP contribution in [0.4, 0.5) is 13.2 Å². The standard InChI is InChI=1S/C20H15F3N4O/c1-11-20(13-7-8-24-17(23)10-13,12-5-6-14(21)15(22)9-12)27-19(25-11)16-3-2-4-18(28)26-16/h2-11H,1H3,(H,25,27)(H,26,28)/t11-,20+/m0/s1. The highest BCUT2D eigenvalue weighted by atomic mass is 19.2. The first-order valence-electron chi connectivity index (χ1n) is 8.53. The Labute approximate surface area is 158 Å². The number of aromatic amines is 1. The molecular weight excluding hydrogens is 369 g/mol. The second-order valence-electron chi connectivity index (χ2n) is 6.51. The Bertz CT molecular complexity index is 1140. The molecular formula is C20H15F3N4O. The summed E-state index contributed by atoms with van der Waals surface area (Å²) in [6.07, 6.45) is 1.29. The second kappa shape index (κ2) is 6.63. The van der Waals surface area contributed by atoms with E-state index in [0.29, 0.717) is 22.7 Å². The number of pyridine rings is 2. The Morgan fingerprint density at radius 1 is 1.00 bits per heavy atom. The monoisotopic (exact) mass is 384 g/mol. The van der Waals surface area contributed by atoms with E-state index in [9.17, 15) is 18.0 Å². The molecule has 0 unspecified atom stereocenters. The van der Waals surface area contributed by atoms with E-state index < -0.39 is 29.2 Å². The van der Waals surface area contributed by atoms with Crippen LogP contribution in [-0.2, 0) is 5.54 Å². The van der Waals surface area contributed by atoms with Gasteiger partial charge >= 0.3 is 0 Å². The highest BCUT2D eigenvalue weighted by Gasteiger charge is 2.46. The van der Waals surface area contributed by atoms with Crippen molar-refractivity contribution >= 4 is 5.84 Å². The van der Waals surface area contributed by atoms with E-state index in [-0.39, 0.29) is 5.56 Å². The molecule has 0 amide bonds. The number of hydrogen-bond acceptors (Lipinski definition) is 4. The first-order chi connectivity index (χ1) is 13.4. The van der Waals surface area contributed by atoms with Crippen molar-refractivity contribution in [1.82, 2.24) is 15.3 Å². The van der Waals surface area contributed by atoms with Crippen LogP contribution in [0, 0.1) is 17.6 Å². The molecule has 3 heterocycles. The number of nitrogens with one attached hydrogen (secondary N) is 2. The Morgan fingerprint density at radius 3 is 2.50 bits per heavy atom. The van der Waals surface area contributed by atoms with Crippen LogP contribution in [0.1, 0.15) is 23.7 Å². The van der Waals surface area contributed by atoms with Gasteiger partial charge in [0, 0.05) is 12.3 Å². The third-order valence-corrected chi connectivity index (χ3v) is 4.85. The number of aliphatic imine (C=N–C) groups is 1. The third-order valence-electron chi connectivity index (χ3n) is 4.85. The number of hydrogen-bond donors (Lipinski definition) is 2. The van der Waals surface area contributed by atoms with Gasteiger partial charge in [-0.15, -0.1) is 0 Å². The summed E-state index contributed by atoms with van der Waals surface area (Å²) in [4.78, 5) is 22.5. The van der Waals surface area contributed by atoms with Gasteiger partial charge in [-0.25, -0.2) is 13.8 Å². The van der Waals surface area contributed by atoms with Crippen LogP contribution in [0.5, 0.6) is 0 Å². The summed E-state index contributed by atoms with van der Waals surface area (Å²) < 4.78 is 41.4. The van der Waals surface area contributed by atoms with Crippen LogP contribution < -0.4 is 10.9 Å². The normalized spacial score (nSPS) is 21.3. The number of H-pyrrole nitrogens is 1. The van der Waals surface area contributed by atoms with Crippen molar-refractivity contribution in [3.8, 4) is 0 Å². The molecule has 0 radical (unpaired) electrons. The SMILES string of the molecule is C[C@@H]1N=C(c2cccc(=O)[nH]2)N[C@@]1(c1ccnc(F)c1)c1ccc(F)c(F)c1. The molecule has 2 aromatic heterocycles. The summed E-state index contributed by atoms with van der Waals surface area (Å²) in [5.41, 5.74) is -0.259. The molecule has 8 heteroatoms. The fourth-order valence-electron chi connectivity index (χ4n) is 3.52. The molecule has 0 aliphatic carbocycles. The smallest absolute Gasteiger partial charge is 0.248 e. The number of aromatic nitrogens is 2. The van der Waals surface area contributed by atoms with Crippen molar-refractivity contribution in [1.29, 1.82) is 0 Å². The first-order valence-corrected chi connectivity index (χ1v) is 8.53.